The molecule has 3 aromatic rings. The molecule has 0 atom stereocenters. The zero-order valence-electron chi connectivity index (χ0n) is 13.9. The van der Waals surface area contributed by atoms with E-state index in [9.17, 15) is 27.7 Å². The van der Waals surface area contributed by atoms with Crippen LogP contribution in [0.15, 0.2) is 28.2 Å². The lowest BCUT2D eigenvalue weighted by atomic mass is 10.1. The largest absolute Gasteiger partial charge is 0.416 e. The van der Waals surface area contributed by atoms with Crippen molar-refractivity contribution in [2.45, 2.75) is 32.9 Å². The molecule has 0 fully saturated rings. The molecule has 0 unspecified atom stereocenters. The summed E-state index contributed by atoms with van der Waals surface area (Å²) in [6.45, 7) is 3.48. The van der Waals surface area contributed by atoms with Crippen LogP contribution in [0.25, 0.3) is 16.6 Å². The molecule has 26 heavy (non-hydrogen) atoms. The van der Waals surface area contributed by atoms with Crippen LogP contribution >= 0.6 is 0 Å². The first kappa shape index (κ1) is 17.8. The third kappa shape index (κ3) is 2.79. The molecule has 6 nitrogen and oxygen atoms in total. The molecule has 0 radical (unpaired) electrons. The Morgan fingerprint density at radius 1 is 1.23 bits per heavy atom. The molecule has 0 spiro atoms. The molecule has 0 aliphatic rings. The highest BCUT2D eigenvalue weighted by Gasteiger charge is 2.31. The average molecular weight is 365 g/mol. The molecule has 1 amide bonds. The fourth-order valence-electron chi connectivity index (χ4n) is 3.16. The summed E-state index contributed by atoms with van der Waals surface area (Å²) in [4.78, 5) is 36.5. The van der Waals surface area contributed by atoms with Gasteiger partial charge in [0, 0.05) is 17.3 Å². The number of nitrogens with zero attached hydrogens (tertiary/aromatic N) is 2. The Morgan fingerprint density at radius 2 is 1.92 bits per heavy atom. The number of nitroso groups, excluding NO2 is 1. The van der Waals surface area contributed by atoms with E-state index in [1.807, 2.05) is 0 Å². The molecule has 3 rings (SSSR count). The van der Waals surface area contributed by atoms with Gasteiger partial charge in [-0.2, -0.15) is 13.2 Å². The number of fused-ring (bicyclic) bond motifs is 3. The number of carbonyl (C=O) groups excluding carboxylic acids is 1. The van der Waals surface area contributed by atoms with Crippen LogP contribution in [0.1, 0.15) is 28.8 Å². The van der Waals surface area contributed by atoms with Gasteiger partial charge in [0.05, 0.1) is 16.6 Å². The molecule has 0 aliphatic carbocycles. The first-order chi connectivity index (χ1) is 12.1. The topological polar surface area (TPSA) is 83.8 Å². The summed E-state index contributed by atoms with van der Waals surface area (Å²) in [6.07, 6.45) is -4.54. The monoisotopic (exact) mass is 365 g/mol. The van der Waals surface area contributed by atoms with Crippen LogP contribution in [0.5, 0.6) is 0 Å². The summed E-state index contributed by atoms with van der Waals surface area (Å²) in [5, 5.41) is 2.35. The normalized spacial score (nSPS) is 12.0. The number of benzene rings is 1. The third-order valence-electron chi connectivity index (χ3n) is 4.55. The fourth-order valence-corrected chi connectivity index (χ4v) is 3.16. The average Bonchev–Trinajstić information content (AvgIpc) is 2.83. The number of alkyl halides is 3. The molecule has 2 aromatic heterocycles. The number of aromatic amines is 1. The van der Waals surface area contributed by atoms with E-state index in [1.165, 1.54) is 6.07 Å². The summed E-state index contributed by atoms with van der Waals surface area (Å²) < 4.78 is 40.4. The summed E-state index contributed by atoms with van der Waals surface area (Å²) in [5.74, 6) is -0.828. The van der Waals surface area contributed by atoms with Gasteiger partial charge in [-0.1, -0.05) is 0 Å². The van der Waals surface area contributed by atoms with Crippen molar-refractivity contribution in [3.05, 3.63) is 55.8 Å². The lowest BCUT2D eigenvalue weighted by Gasteiger charge is -2.11. The van der Waals surface area contributed by atoms with Crippen molar-refractivity contribution >= 4 is 22.5 Å². The minimum Gasteiger partial charge on any atom is -0.319 e. The van der Waals surface area contributed by atoms with Crippen molar-refractivity contribution < 1.29 is 18.0 Å². The smallest absolute Gasteiger partial charge is 0.319 e. The molecule has 1 N–H and O–H groups in total. The standard InChI is InChI=1S/C17H14F3N3O3/c1-8-9(2)15-16(25)21-11-7-10(17(18,19)20)3-4-13(11)23(15)12(8)5-6-14(24)22-26/h3-4,7H,5-6H2,1-2H3,(H,21,25). The van der Waals surface area contributed by atoms with Gasteiger partial charge < -0.3 is 9.38 Å². The highest BCUT2D eigenvalue weighted by molar-refractivity contribution is 5.82. The summed E-state index contributed by atoms with van der Waals surface area (Å²) >= 11 is 0. The van der Waals surface area contributed by atoms with E-state index >= 15 is 0 Å². The van der Waals surface area contributed by atoms with Crippen LogP contribution in [-0.2, 0) is 17.4 Å². The van der Waals surface area contributed by atoms with Crippen molar-refractivity contribution in [1.29, 1.82) is 0 Å². The van der Waals surface area contributed by atoms with E-state index in [-0.39, 0.29) is 18.4 Å². The number of hydrogen-bond acceptors (Lipinski definition) is 3. The molecule has 136 valence electrons. The number of nitrogens with one attached hydrogen (secondary N) is 1. The molecule has 0 saturated heterocycles. The summed E-state index contributed by atoms with van der Waals surface area (Å²) in [7, 11) is 0. The number of rotatable bonds is 3. The number of aromatic nitrogens is 2. The zero-order valence-corrected chi connectivity index (χ0v) is 13.9. The van der Waals surface area contributed by atoms with Gasteiger partial charge in [0.25, 0.3) is 11.5 Å². The fraction of sp³-hybridized carbons (Fsp3) is 0.294. The minimum absolute atomic E-state index is 0.0356. The van der Waals surface area contributed by atoms with E-state index in [0.29, 0.717) is 22.3 Å². The van der Waals surface area contributed by atoms with E-state index in [1.54, 1.807) is 18.2 Å². The second-order valence-electron chi connectivity index (χ2n) is 6.05. The first-order valence-corrected chi connectivity index (χ1v) is 7.75. The van der Waals surface area contributed by atoms with Crippen LogP contribution in [0, 0.1) is 18.8 Å². The predicted octanol–water partition coefficient (Wildman–Crippen LogP) is 3.64. The molecular weight excluding hydrogens is 351 g/mol. The second-order valence-corrected chi connectivity index (χ2v) is 6.05. The Morgan fingerprint density at radius 3 is 2.54 bits per heavy atom. The molecule has 0 aliphatic heterocycles. The molecular formula is C17H14F3N3O3. The Bertz CT molecular complexity index is 1110. The number of amides is 1. The number of hydrogen-bond donors (Lipinski definition) is 1. The third-order valence-corrected chi connectivity index (χ3v) is 4.55. The quantitative estimate of drug-likeness (QED) is 0.719. The van der Waals surface area contributed by atoms with Crippen molar-refractivity contribution in [2.75, 3.05) is 0 Å². The van der Waals surface area contributed by atoms with Gasteiger partial charge in [-0.15, -0.1) is 4.91 Å². The maximum absolute atomic E-state index is 13.0. The molecule has 2 heterocycles. The SMILES string of the molecule is Cc1c(C)c2c(=O)[nH]c3cc(C(F)(F)F)ccc3n2c1CCC(=O)N=O. The summed E-state index contributed by atoms with van der Waals surface area (Å²) in [6, 6.07) is 3.10. The van der Waals surface area contributed by atoms with Gasteiger partial charge in [-0.3, -0.25) is 9.59 Å². The molecule has 0 saturated carbocycles. The van der Waals surface area contributed by atoms with Crippen LogP contribution in [0.3, 0.4) is 0 Å². The van der Waals surface area contributed by atoms with E-state index < -0.39 is 23.2 Å². The van der Waals surface area contributed by atoms with E-state index in [4.69, 9.17) is 0 Å². The number of aryl methyl sites for hydroxylation is 2. The van der Waals surface area contributed by atoms with Gasteiger partial charge in [0.15, 0.2) is 0 Å². The highest BCUT2D eigenvalue weighted by atomic mass is 19.4. The maximum atomic E-state index is 13.0. The number of carbonyl (C=O) groups is 1. The van der Waals surface area contributed by atoms with Gasteiger partial charge in [-0.25, -0.2) is 0 Å². The predicted molar refractivity (Wildman–Crippen MR) is 89.1 cm³/mol. The van der Waals surface area contributed by atoms with Crippen LogP contribution < -0.4 is 5.56 Å². The van der Waals surface area contributed by atoms with Crippen LogP contribution in [-0.4, -0.2) is 15.3 Å². The number of H-pyrrole nitrogens is 1. The van der Waals surface area contributed by atoms with Crippen molar-refractivity contribution in [2.24, 2.45) is 5.18 Å². The zero-order chi connectivity index (χ0) is 19.2. The lowest BCUT2D eigenvalue weighted by molar-refractivity contribution is -0.137. The van der Waals surface area contributed by atoms with Crippen molar-refractivity contribution in [3.8, 4) is 0 Å². The van der Waals surface area contributed by atoms with Crippen LogP contribution in [0.2, 0.25) is 0 Å². The first-order valence-electron chi connectivity index (χ1n) is 7.75. The number of halogens is 3. The Balaban J connectivity index is 2.34. The van der Waals surface area contributed by atoms with Gasteiger partial charge in [0.1, 0.15) is 5.52 Å². The molecule has 9 heteroatoms. The summed E-state index contributed by atoms with van der Waals surface area (Å²) in [5.41, 5.74) is 1.31. The van der Waals surface area contributed by atoms with Gasteiger partial charge in [-0.05, 0) is 49.6 Å². The Hall–Kier alpha value is -2.97. The lowest BCUT2D eigenvalue weighted by Crippen LogP contribution is -2.13. The van der Waals surface area contributed by atoms with Gasteiger partial charge in [0.2, 0.25) is 0 Å². The maximum Gasteiger partial charge on any atom is 0.416 e. The minimum atomic E-state index is -4.53. The Labute approximate surface area is 144 Å². The highest BCUT2D eigenvalue weighted by Crippen LogP contribution is 2.32. The van der Waals surface area contributed by atoms with Crippen molar-refractivity contribution in [1.82, 2.24) is 9.38 Å². The second kappa shape index (κ2) is 6.08. The van der Waals surface area contributed by atoms with Crippen molar-refractivity contribution in [3.63, 3.8) is 0 Å². The van der Waals surface area contributed by atoms with Crippen LogP contribution in [0.4, 0.5) is 13.2 Å². The van der Waals surface area contributed by atoms with Gasteiger partial charge >= 0.3 is 6.18 Å². The molecule has 0 bridgehead atoms. The van der Waals surface area contributed by atoms with E-state index in [2.05, 4.69) is 10.2 Å². The van der Waals surface area contributed by atoms with E-state index in [0.717, 1.165) is 17.7 Å². The Kier molecular flexibility index (Phi) is 4.17. The molecule has 1 aromatic carbocycles.